The number of nitrogens with one attached hydrogen (secondary N) is 3. The highest BCUT2D eigenvalue weighted by Crippen LogP contribution is 2.32. The second-order valence-corrected chi connectivity index (χ2v) is 7.97. The summed E-state index contributed by atoms with van der Waals surface area (Å²) in [4.78, 5) is 27.9. The number of rotatable bonds is 6. The Morgan fingerprint density at radius 3 is 2.26 bits per heavy atom. The molecule has 0 unspecified atom stereocenters. The molecule has 3 aromatic rings. The van der Waals surface area contributed by atoms with Crippen molar-refractivity contribution in [3.05, 3.63) is 77.9 Å². The Balaban J connectivity index is 1.47. The molecular weight excluding hydrogens is 432 g/mol. The lowest BCUT2D eigenvalue weighted by atomic mass is 10.1. The highest BCUT2D eigenvalue weighted by Gasteiger charge is 2.16. The van der Waals surface area contributed by atoms with E-state index in [4.69, 9.17) is 4.74 Å². The Morgan fingerprint density at radius 2 is 1.56 bits per heavy atom. The summed E-state index contributed by atoms with van der Waals surface area (Å²) in [6, 6.07) is 18.7. The van der Waals surface area contributed by atoms with Crippen molar-refractivity contribution in [2.24, 2.45) is 0 Å². The van der Waals surface area contributed by atoms with Gasteiger partial charge < -0.3 is 30.7 Å². The number of ether oxygens (including phenoxy) is 1. The Bertz CT molecular complexity index is 1140. The van der Waals surface area contributed by atoms with E-state index in [-0.39, 0.29) is 23.3 Å². The van der Waals surface area contributed by atoms with Gasteiger partial charge in [-0.15, -0.1) is 0 Å². The van der Waals surface area contributed by atoms with E-state index >= 15 is 0 Å². The molecule has 34 heavy (non-hydrogen) atoms. The Morgan fingerprint density at radius 1 is 0.882 bits per heavy atom. The molecule has 0 atom stereocenters. The topological polar surface area (TPSA) is 103 Å². The normalized spacial score (nSPS) is 13.6. The van der Waals surface area contributed by atoms with Crippen LogP contribution in [0.4, 0.5) is 17.1 Å². The van der Waals surface area contributed by atoms with Crippen LogP contribution in [0.5, 0.6) is 11.5 Å². The van der Waals surface area contributed by atoms with E-state index < -0.39 is 0 Å². The number of aromatic hydroxyl groups is 1. The molecule has 1 aliphatic rings. The van der Waals surface area contributed by atoms with E-state index in [0.29, 0.717) is 22.6 Å². The summed E-state index contributed by atoms with van der Waals surface area (Å²) in [5.74, 6) is -0.263. The maximum Gasteiger partial charge on any atom is 0.255 e. The van der Waals surface area contributed by atoms with Crippen LogP contribution in [0.15, 0.2) is 66.7 Å². The number of amides is 2. The van der Waals surface area contributed by atoms with E-state index in [9.17, 15) is 14.7 Å². The number of hydrogen-bond acceptors (Lipinski definition) is 6. The average Bonchev–Trinajstić information content (AvgIpc) is 3.16. The summed E-state index contributed by atoms with van der Waals surface area (Å²) in [5, 5.41) is 19.2. The largest absolute Gasteiger partial charge is 0.506 e. The van der Waals surface area contributed by atoms with Crippen molar-refractivity contribution in [2.45, 2.75) is 6.42 Å². The first kappa shape index (κ1) is 23.1. The number of phenols is 1. The molecule has 4 N–H and O–H groups in total. The number of carbonyl (C=O) groups is 2. The van der Waals surface area contributed by atoms with E-state index in [1.54, 1.807) is 55.6 Å². The monoisotopic (exact) mass is 460 g/mol. The average molecular weight is 461 g/mol. The fourth-order valence-corrected chi connectivity index (χ4v) is 3.83. The molecular formula is C26H28N4O4. The smallest absolute Gasteiger partial charge is 0.255 e. The van der Waals surface area contributed by atoms with Crippen LogP contribution >= 0.6 is 0 Å². The molecule has 1 aliphatic heterocycles. The predicted octanol–water partition coefficient (Wildman–Crippen LogP) is 3.71. The molecule has 8 nitrogen and oxygen atoms in total. The summed E-state index contributed by atoms with van der Waals surface area (Å²) in [5.41, 5.74) is 2.36. The van der Waals surface area contributed by atoms with Crippen LogP contribution in [0, 0.1) is 0 Å². The molecule has 176 valence electrons. The number of hydrogen-bond donors (Lipinski definition) is 4. The van der Waals surface area contributed by atoms with Gasteiger partial charge in [0.1, 0.15) is 17.2 Å². The fraction of sp³-hybridized carbons (Fsp3) is 0.231. The molecule has 2 amide bonds. The number of phenolic OH excluding ortho intramolecular Hbond substituents is 1. The molecule has 8 heteroatoms. The van der Waals surface area contributed by atoms with Gasteiger partial charge in [0.15, 0.2) is 0 Å². The first-order valence-corrected chi connectivity index (χ1v) is 11.2. The quantitative estimate of drug-likeness (QED) is 0.418. The molecule has 0 aromatic heterocycles. The van der Waals surface area contributed by atoms with Gasteiger partial charge >= 0.3 is 0 Å². The number of methoxy groups -OCH3 is 1. The second kappa shape index (κ2) is 10.7. The zero-order chi connectivity index (χ0) is 23.9. The molecule has 4 rings (SSSR count). The lowest BCUT2D eigenvalue weighted by Crippen LogP contribution is -2.27. The van der Waals surface area contributed by atoms with Gasteiger partial charge in [0.25, 0.3) is 11.8 Å². The summed E-state index contributed by atoms with van der Waals surface area (Å²) >= 11 is 0. The second-order valence-electron chi connectivity index (χ2n) is 7.97. The van der Waals surface area contributed by atoms with E-state index in [1.807, 2.05) is 12.1 Å². The first-order chi connectivity index (χ1) is 16.5. The van der Waals surface area contributed by atoms with Crippen LogP contribution in [0.25, 0.3) is 0 Å². The minimum Gasteiger partial charge on any atom is -0.506 e. The number of para-hydroxylation sites is 1. The maximum absolute atomic E-state index is 12.9. The molecule has 1 saturated heterocycles. The zero-order valence-electron chi connectivity index (χ0n) is 19.0. The predicted molar refractivity (Wildman–Crippen MR) is 133 cm³/mol. The molecule has 0 aliphatic carbocycles. The van der Waals surface area contributed by atoms with Gasteiger partial charge in [0, 0.05) is 36.4 Å². The number of anilines is 3. The van der Waals surface area contributed by atoms with Crippen LogP contribution in [-0.2, 0) is 0 Å². The van der Waals surface area contributed by atoms with Crippen LogP contribution in [0.3, 0.4) is 0 Å². The summed E-state index contributed by atoms with van der Waals surface area (Å²) in [6.45, 7) is 3.82. The Hall–Kier alpha value is -4.04. The van der Waals surface area contributed by atoms with Crippen LogP contribution < -0.4 is 25.6 Å². The summed E-state index contributed by atoms with van der Waals surface area (Å²) in [7, 11) is 1.55. The molecule has 1 heterocycles. The van der Waals surface area contributed by atoms with Crippen molar-refractivity contribution < 1.29 is 19.4 Å². The molecule has 0 spiro atoms. The fourth-order valence-electron chi connectivity index (χ4n) is 3.83. The molecule has 0 bridgehead atoms. The SMILES string of the molecule is COc1ccc(C(=O)Nc2cccc(O)c2NC(=O)c2ccc(N3CCCNCC3)cc2)cc1. The third-order valence-electron chi connectivity index (χ3n) is 5.72. The summed E-state index contributed by atoms with van der Waals surface area (Å²) in [6.07, 6.45) is 1.07. The van der Waals surface area contributed by atoms with Gasteiger partial charge in [-0.3, -0.25) is 9.59 Å². The highest BCUT2D eigenvalue weighted by molar-refractivity contribution is 6.11. The van der Waals surface area contributed by atoms with Crippen molar-refractivity contribution in [2.75, 3.05) is 48.8 Å². The van der Waals surface area contributed by atoms with Crippen molar-refractivity contribution in [1.82, 2.24) is 5.32 Å². The van der Waals surface area contributed by atoms with Crippen LogP contribution in [-0.4, -0.2) is 50.2 Å². The maximum atomic E-state index is 12.9. The zero-order valence-corrected chi connectivity index (χ0v) is 19.0. The van der Waals surface area contributed by atoms with E-state index in [1.165, 1.54) is 6.07 Å². The van der Waals surface area contributed by atoms with Crippen LogP contribution in [0.2, 0.25) is 0 Å². The standard InChI is InChI=1S/C26H28N4O4/c1-34-21-12-8-19(9-13-21)25(32)28-22-4-2-5-23(31)24(22)29-26(33)18-6-10-20(11-7-18)30-16-3-14-27-15-17-30/h2,4-13,27,31H,3,14-17H2,1H3,(H,28,32)(H,29,33). The third kappa shape index (κ3) is 5.47. The minimum atomic E-state index is -0.384. The van der Waals surface area contributed by atoms with Gasteiger partial charge in [0.05, 0.1) is 12.8 Å². The summed E-state index contributed by atoms with van der Waals surface area (Å²) < 4.78 is 5.12. The molecule has 3 aromatic carbocycles. The van der Waals surface area contributed by atoms with Crippen molar-refractivity contribution >= 4 is 28.9 Å². The van der Waals surface area contributed by atoms with Crippen molar-refractivity contribution in [3.63, 3.8) is 0 Å². The van der Waals surface area contributed by atoms with Gasteiger partial charge in [-0.2, -0.15) is 0 Å². The highest BCUT2D eigenvalue weighted by atomic mass is 16.5. The van der Waals surface area contributed by atoms with Gasteiger partial charge in [0.2, 0.25) is 0 Å². The number of benzene rings is 3. The van der Waals surface area contributed by atoms with Gasteiger partial charge in [-0.1, -0.05) is 6.07 Å². The Kier molecular flexibility index (Phi) is 7.29. The number of nitrogens with zero attached hydrogens (tertiary/aromatic N) is 1. The lowest BCUT2D eigenvalue weighted by Gasteiger charge is -2.22. The Labute approximate surface area is 198 Å². The molecule has 0 saturated carbocycles. The van der Waals surface area contributed by atoms with E-state index in [2.05, 4.69) is 20.9 Å². The van der Waals surface area contributed by atoms with Crippen molar-refractivity contribution in [3.8, 4) is 11.5 Å². The molecule has 1 fully saturated rings. The van der Waals surface area contributed by atoms with E-state index in [0.717, 1.165) is 38.3 Å². The van der Waals surface area contributed by atoms with Gasteiger partial charge in [-0.25, -0.2) is 0 Å². The minimum absolute atomic E-state index is 0.136. The lowest BCUT2D eigenvalue weighted by molar-refractivity contribution is 0.101. The molecule has 0 radical (unpaired) electrons. The van der Waals surface area contributed by atoms with Crippen molar-refractivity contribution in [1.29, 1.82) is 0 Å². The third-order valence-corrected chi connectivity index (χ3v) is 5.72. The number of carbonyl (C=O) groups excluding carboxylic acids is 2. The van der Waals surface area contributed by atoms with Gasteiger partial charge in [-0.05, 0) is 73.6 Å². The first-order valence-electron chi connectivity index (χ1n) is 11.2. The van der Waals surface area contributed by atoms with Crippen LogP contribution in [0.1, 0.15) is 27.1 Å².